The van der Waals surface area contributed by atoms with E-state index in [0.717, 1.165) is 16.6 Å². The summed E-state index contributed by atoms with van der Waals surface area (Å²) in [4.78, 5) is 9.24. The molecular weight excluding hydrogens is 176 g/mol. The Kier molecular flexibility index (Phi) is 2.72. The number of para-hydroxylation sites is 1. The first-order valence-electron chi connectivity index (χ1n) is 4.50. The molecular formula is C11H12N2O. The fourth-order valence-electron chi connectivity index (χ4n) is 1.35. The summed E-state index contributed by atoms with van der Waals surface area (Å²) in [5, 5.41) is 1.16. The van der Waals surface area contributed by atoms with Crippen molar-refractivity contribution in [3.05, 3.63) is 42.1 Å². The molecule has 1 aromatic carbocycles. The van der Waals surface area contributed by atoms with Crippen molar-refractivity contribution in [2.75, 3.05) is 7.11 Å². The molecule has 1 N–H and O–H groups in total. The third-order valence-corrected chi connectivity index (χ3v) is 2.05. The summed E-state index contributed by atoms with van der Waals surface area (Å²) in [5.74, 6) is 0. The first-order valence-corrected chi connectivity index (χ1v) is 4.50. The Morgan fingerprint density at radius 3 is 2.93 bits per heavy atom. The highest BCUT2D eigenvalue weighted by molar-refractivity contribution is 5.78. The van der Waals surface area contributed by atoms with Crippen molar-refractivity contribution in [2.24, 2.45) is 0 Å². The largest absolute Gasteiger partial charge is 0.305 e. The first-order chi connectivity index (χ1) is 6.90. The molecule has 0 amide bonds. The van der Waals surface area contributed by atoms with Gasteiger partial charge in [-0.2, -0.15) is 5.48 Å². The van der Waals surface area contributed by atoms with Gasteiger partial charge in [0.25, 0.3) is 0 Å². The predicted molar refractivity (Wildman–Crippen MR) is 55.6 cm³/mol. The minimum absolute atomic E-state index is 0.626. The SMILES string of the molecule is CONCc1ccc2ccccc2n1. The van der Waals surface area contributed by atoms with E-state index in [1.807, 2.05) is 24.3 Å². The van der Waals surface area contributed by atoms with Crippen molar-refractivity contribution in [1.29, 1.82) is 0 Å². The van der Waals surface area contributed by atoms with Gasteiger partial charge in [-0.1, -0.05) is 24.3 Å². The van der Waals surface area contributed by atoms with Gasteiger partial charge in [-0.25, -0.2) is 0 Å². The Balaban J connectivity index is 2.32. The van der Waals surface area contributed by atoms with Crippen LogP contribution in [0.3, 0.4) is 0 Å². The van der Waals surface area contributed by atoms with Gasteiger partial charge in [0.1, 0.15) is 0 Å². The molecule has 0 aliphatic heterocycles. The van der Waals surface area contributed by atoms with Crippen molar-refractivity contribution in [3.8, 4) is 0 Å². The minimum Gasteiger partial charge on any atom is -0.305 e. The van der Waals surface area contributed by atoms with E-state index >= 15 is 0 Å². The zero-order chi connectivity index (χ0) is 9.80. The minimum atomic E-state index is 0.626. The van der Waals surface area contributed by atoms with Crippen LogP contribution in [0.4, 0.5) is 0 Å². The van der Waals surface area contributed by atoms with Crippen LogP contribution < -0.4 is 5.48 Å². The Morgan fingerprint density at radius 2 is 2.07 bits per heavy atom. The number of pyridine rings is 1. The molecule has 3 heteroatoms. The Hall–Kier alpha value is -1.45. The molecule has 1 aromatic heterocycles. The van der Waals surface area contributed by atoms with E-state index in [1.54, 1.807) is 7.11 Å². The molecule has 0 unspecified atom stereocenters. The molecule has 14 heavy (non-hydrogen) atoms. The number of fused-ring (bicyclic) bond motifs is 1. The summed E-state index contributed by atoms with van der Waals surface area (Å²) in [6.07, 6.45) is 0. The van der Waals surface area contributed by atoms with E-state index in [9.17, 15) is 0 Å². The molecule has 0 saturated carbocycles. The fourth-order valence-corrected chi connectivity index (χ4v) is 1.35. The lowest BCUT2D eigenvalue weighted by atomic mass is 10.2. The van der Waals surface area contributed by atoms with Crippen LogP contribution in [-0.2, 0) is 11.4 Å². The molecule has 0 aliphatic rings. The van der Waals surface area contributed by atoms with E-state index in [0.29, 0.717) is 6.54 Å². The monoisotopic (exact) mass is 188 g/mol. The highest BCUT2D eigenvalue weighted by Gasteiger charge is 1.96. The topological polar surface area (TPSA) is 34.1 Å². The van der Waals surface area contributed by atoms with Crippen LogP contribution in [-0.4, -0.2) is 12.1 Å². The van der Waals surface area contributed by atoms with Crippen LogP contribution in [0, 0.1) is 0 Å². The second kappa shape index (κ2) is 4.17. The summed E-state index contributed by atoms with van der Waals surface area (Å²) in [6.45, 7) is 0.626. The van der Waals surface area contributed by atoms with Crippen LogP contribution >= 0.6 is 0 Å². The second-order valence-electron chi connectivity index (χ2n) is 3.02. The maximum atomic E-state index is 4.77. The number of hydrogen-bond donors (Lipinski definition) is 1. The number of hydroxylamine groups is 1. The van der Waals surface area contributed by atoms with Gasteiger partial charge < -0.3 is 4.84 Å². The van der Waals surface area contributed by atoms with Gasteiger partial charge in [-0.05, 0) is 12.1 Å². The highest BCUT2D eigenvalue weighted by atomic mass is 16.6. The molecule has 72 valence electrons. The van der Waals surface area contributed by atoms with Crippen LogP contribution in [0.5, 0.6) is 0 Å². The van der Waals surface area contributed by atoms with Gasteiger partial charge >= 0.3 is 0 Å². The summed E-state index contributed by atoms with van der Waals surface area (Å²) in [7, 11) is 1.60. The van der Waals surface area contributed by atoms with Gasteiger partial charge in [0.2, 0.25) is 0 Å². The van der Waals surface area contributed by atoms with E-state index in [1.165, 1.54) is 0 Å². The molecule has 0 aliphatic carbocycles. The lowest BCUT2D eigenvalue weighted by Crippen LogP contribution is -2.11. The van der Waals surface area contributed by atoms with Crippen molar-refractivity contribution >= 4 is 10.9 Å². The van der Waals surface area contributed by atoms with Crippen molar-refractivity contribution < 1.29 is 4.84 Å². The lowest BCUT2D eigenvalue weighted by Gasteiger charge is -2.02. The molecule has 0 saturated heterocycles. The summed E-state index contributed by atoms with van der Waals surface area (Å²) in [5.41, 5.74) is 4.76. The summed E-state index contributed by atoms with van der Waals surface area (Å²) < 4.78 is 0. The van der Waals surface area contributed by atoms with Gasteiger partial charge in [-0.3, -0.25) is 4.98 Å². The number of benzene rings is 1. The van der Waals surface area contributed by atoms with Crippen LogP contribution in [0.25, 0.3) is 10.9 Å². The van der Waals surface area contributed by atoms with Crippen molar-refractivity contribution in [3.63, 3.8) is 0 Å². The Labute approximate surface area is 82.7 Å². The van der Waals surface area contributed by atoms with Gasteiger partial charge in [-0.15, -0.1) is 0 Å². The van der Waals surface area contributed by atoms with Crippen molar-refractivity contribution in [1.82, 2.24) is 10.5 Å². The summed E-state index contributed by atoms with van der Waals surface area (Å²) >= 11 is 0. The van der Waals surface area contributed by atoms with E-state index in [-0.39, 0.29) is 0 Å². The molecule has 1 heterocycles. The van der Waals surface area contributed by atoms with Gasteiger partial charge in [0, 0.05) is 5.39 Å². The molecule has 0 atom stereocenters. The lowest BCUT2D eigenvalue weighted by molar-refractivity contribution is 0.0859. The normalized spacial score (nSPS) is 10.6. The number of rotatable bonds is 3. The quantitative estimate of drug-likeness (QED) is 0.747. The predicted octanol–water partition coefficient (Wildman–Crippen LogP) is 1.89. The first kappa shape index (κ1) is 9.12. The van der Waals surface area contributed by atoms with E-state index in [2.05, 4.69) is 22.6 Å². The Morgan fingerprint density at radius 1 is 1.21 bits per heavy atom. The third-order valence-electron chi connectivity index (χ3n) is 2.05. The highest BCUT2D eigenvalue weighted by Crippen LogP contribution is 2.11. The molecule has 2 aromatic rings. The number of hydrogen-bond acceptors (Lipinski definition) is 3. The maximum absolute atomic E-state index is 4.77. The van der Waals surface area contributed by atoms with Crippen molar-refractivity contribution in [2.45, 2.75) is 6.54 Å². The number of aromatic nitrogens is 1. The van der Waals surface area contributed by atoms with E-state index < -0.39 is 0 Å². The second-order valence-corrected chi connectivity index (χ2v) is 3.02. The van der Waals surface area contributed by atoms with Gasteiger partial charge in [0.15, 0.2) is 0 Å². The standard InChI is InChI=1S/C11H12N2O/c1-14-12-8-10-7-6-9-4-2-3-5-11(9)13-10/h2-7,12H,8H2,1H3. The Bertz CT molecular complexity index is 428. The number of nitrogens with zero attached hydrogens (tertiary/aromatic N) is 1. The molecule has 0 fully saturated rings. The number of nitrogens with one attached hydrogen (secondary N) is 1. The van der Waals surface area contributed by atoms with Crippen LogP contribution in [0.15, 0.2) is 36.4 Å². The molecule has 2 rings (SSSR count). The molecule has 3 nitrogen and oxygen atoms in total. The van der Waals surface area contributed by atoms with Crippen LogP contribution in [0.2, 0.25) is 0 Å². The maximum Gasteiger partial charge on any atom is 0.0705 e. The van der Waals surface area contributed by atoms with E-state index in [4.69, 9.17) is 4.84 Å². The average Bonchev–Trinajstić information content (AvgIpc) is 2.26. The molecule has 0 radical (unpaired) electrons. The summed E-state index contributed by atoms with van der Waals surface area (Å²) in [6, 6.07) is 12.1. The molecule has 0 bridgehead atoms. The van der Waals surface area contributed by atoms with Crippen LogP contribution in [0.1, 0.15) is 5.69 Å². The fraction of sp³-hybridized carbons (Fsp3) is 0.182. The zero-order valence-corrected chi connectivity index (χ0v) is 8.03. The molecule has 0 spiro atoms. The smallest absolute Gasteiger partial charge is 0.0705 e. The van der Waals surface area contributed by atoms with Gasteiger partial charge in [0.05, 0.1) is 24.9 Å². The third kappa shape index (κ3) is 1.89. The zero-order valence-electron chi connectivity index (χ0n) is 8.03. The average molecular weight is 188 g/mol.